The molecule has 2 heterocycles. The molecule has 0 spiro atoms. The molecule has 0 radical (unpaired) electrons. The summed E-state index contributed by atoms with van der Waals surface area (Å²) in [4.78, 5) is 17.0. The summed E-state index contributed by atoms with van der Waals surface area (Å²) in [5.74, 6) is 1.06. The third-order valence-electron chi connectivity index (χ3n) is 5.67. The fourth-order valence-corrected chi connectivity index (χ4v) is 4.15. The minimum atomic E-state index is -0.0630. The molecule has 2 saturated heterocycles. The van der Waals surface area contributed by atoms with Gasteiger partial charge in [-0.25, -0.2) is 4.79 Å². The average molecular weight is 396 g/mol. The van der Waals surface area contributed by atoms with Crippen molar-refractivity contribution in [1.82, 2.24) is 9.80 Å². The first kappa shape index (κ1) is 19.7. The van der Waals surface area contributed by atoms with E-state index in [4.69, 9.17) is 15.2 Å². The van der Waals surface area contributed by atoms with Gasteiger partial charge >= 0.3 is 6.03 Å². The molecule has 0 aliphatic carbocycles. The van der Waals surface area contributed by atoms with Crippen LogP contribution in [0.3, 0.4) is 0 Å². The molecule has 0 bridgehead atoms. The number of ether oxygens (including phenoxy) is 2. The van der Waals surface area contributed by atoms with Crippen molar-refractivity contribution < 1.29 is 14.3 Å². The van der Waals surface area contributed by atoms with Gasteiger partial charge in [-0.05, 0) is 29.7 Å². The second kappa shape index (κ2) is 9.29. The second-order valence-corrected chi connectivity index (χ2v) is 7.72. The Kier molecular flexibility index (Phi) is 6.32. The van der Waals surface area contributed by atoms with Crippen LogP contribution in [0.2, 0.25) is 0 Å². The lowest BCUT2D eigenvalue weighted by atomic mass is 9.89. The highest BCUT2D eigenvalue weighted by Gasteiger charge is 2.34. The fourth-order valence-electron chi connectivity index (χ4n) is 4.15. The Morgan fingerprint density at radius 2 is 1.83 bits per heavy atom. The summed E-state index contributed by atoms with van der Waals surface area (Å²) in [7, 11) is 0. The number of nitrogens with two attached hydrogens (primary N) is 1. The number of urea groups is 1. The first-order chi connectivity index (χ1) is 14.2. The summed E-state index contributed by atoms with van der Waals surface area (Å²) in [5.41, 5.74) is 8.06. The Morgan fingerprint density at radius 3 is 2.59 bits per heavy atom. The minimum Gasteiger partial charge on any atom is -0.489 e. The number of carbonyl (C=O) groups excluding carboxylic acids is 1. The molecule has 2 N–H and O–H groups in total. The van der Waals surface area contributed by atoms with Crippen LogP contribution in [0.25, 0.3) is 0 Å². The summed E-state index contributed by atoms with van der Waals surface area (Å²) < 4.78 is 11.7. The van der Waals surface area contributed by atoms with Gasteiger partial charge in [0.1, 0.15) is 11.9 Å². The Hall–Kier alpha value is -2.57. The van der Waals surface area contributed by atoms with E-state index in [-0.39, 0.29) is 18.1 Å². The lowest BCUT2D eigenvalue weighted by Gasteiger charge is -2.41. The fraction of sp³-hybridized carbons (Fsp3) is 0.435. The average Bonchev–Trinajstić information content (AvgIpc) is 2.79. The summed E-state index contributed by atoms with van der Waals surface area (Å²) in [5, 5.41) is 0. The summed E-state index contributed by atoms with van der Waals surface area (Å²) in [6, 6.07) is 18.4. The van der Waals surface area contributed by atoms with Gasteiger partial charge in [0.2, 0.25) is 0 Å². The molecule has 2 fully saturated rings. The maximum absolute atomic E-state index is 13.2. The van der Waals surface area contributed by atoms with Crippen LogP contribution < -0.4 is 10.5 Å². The monoisotopic (exact) mass is 395 g/mol. The molecule has 2 atom stereocenters. The Labute approximate surface area is 172 Å². The van der Waals surface area contributed by atoms with Gasteiger partial charge in [0, 0.05) is 32.1 Å². The third-order valence-corrected chi connectivity index (χ3v) is 5.67. The molecule has 2 aliphatic heterocycles. The number of benzene rings is 2. The van der Waals surface area contributed by atoms with Crippen LogP contribution in [0.1, 0.15) is 23.5 Å². The van der Waals surface area contributed by atoms with Crippen LogP contribution in [0.15, 0.2) is 54.6 Å². The lowest BCUT2D eigenvalue weighted by molar-refractivity contribution is 0.0303. The summed E-state index contributed by atoms with van der Waals surface area (Å²) in [6.07, 6.45) is 0.816. The van der Waals surface area contributed by atoms with Crippen LogP contribution in [0, 0.1) is 0 Å². The molecular weight excluding hydrogens is 366 g/mol. The highest BCUT2D eigenvalue weighted by molar-refractivity contribution is 5.75. The van der Waals surface area contributed by atoms with Gasteiger partial charge < -0.3 is 25.0 Å². The third kappa shape index (κ3) is 4.89. The van der Waals surface area contributed by atoms with Crippen molar-refractivity contribution in [2.75, 3.05) is 39.4 Å². The largest absolute Gasteiger partial charge is 0.489 e. The van der Waals surface area contributed by atoms with E-state index >= 15 is 0 Å². The van der Waals surface area contributed by atoms with Gasteiger partial charge in [-0.2, -0.15) is 0 Å². The number of morpholine rings is 1. The molecule has 154 valence electrons. The summed E-state index contributed by atoms with van der Waals surface area (Å²) >= 11 is 0. The Bertz CT molecular complexity index is 808. The number of hydrogen-bond acceptors (Lipinski definition) is 4. The quantitative estimate of drug-likeness (QED) is 0.864. The Balaban J connectivity index is 1.52. The molecule has 2 aromatic rings. The zero-order valence-corrected chi connectivity index (χ0v) is 16.7. The van der Waals surface area contributed by atoms with Crippen molar-refractivity contribution in [2.24, 2.45) is 5.73 Å². The number of likely N-dealkylation sites (tertiary alicyclic amines) is 1. The van der Waals surface area contributed by atoms with Gasteiger partial charge in [0.05, 0.1) is 19.8 Å². The summed E-state index contributed by atoms with van der Waals surface area (Å²) in [6.45, 7) is 4.29. The molecular formula is C23H29N3O3. The van der Waals surface area contributed by atoms with Crippen molar-refractivity contribution in [1.29, 1.82) is 0 Å². The maximum atomic E-state index is 13.2. The molecule has 4 rings (SSSR count). The SMILES string of the molecule is NCc1cccc(O[C@@H]2C[C@H](c3ccccc3)CN(C(=O)N3CCOCC3)C2)c1. The molecule has 2 aromatic carbocycles. The standard InChI is InChI=1S/C23H29N3O3/c24-15-18-5-4-8-21(13-18)29-22-14-20(19-6-2-1-3-7-19)16-26(17-22)23(27)25-9-11-28-12-10-25/h1-8,13,20,22H,9-12,14-17,24H2/t20-,22+/m0/s1. The van der Waals surface area contributed by atoms with Crippen LogP contribution >= 0.6 is 0 Å². The lowest BCUT2D eigenvalue weighted by Crippen LogP contribution is -2.54. The molecule has 2 amide bonds. The van der Waals surface area contributed by atoms with Crippen LogP contribution in [-0.2, 0) is 11.3 Å². The predicted molar refractivity (Wildman–Crippen MR) is 112 cm³/mol. The maximum Gasteiger partial charge on any atom is 0.320 e. The van der Waals surface area contributed by atoms with Gasteiger partial charge in [-0.15, -0.1) is 0 Å². The van der Waals surface area contributed by atoms with Crippen molar-refractivity contribution in [3.05, 3.63) is 65.7 Å². The molecule has 2 aliphatic rings. The van der Waals surface area contributed by atoms with E-state index in [1.54, 1.807) is 0 Å². The molecule has 6 heteroatoms. The van der Waals surface area contributed by atoms with E-state index in [2.05, 4.69) is 24.3 Å². The normalized spacial score (nSPS) is 22.4. The first-order valence-electron chi connectivity index (χ1n) is 10.3. The number of rotatable bonds is 4. The highest BCUT2D eigenvalue weighted by atomic mass is 16.5. The minimum absolute atomic E-state index is 0.0630. The van der Waals surface area contributed by atoms with E-state index in [0.29, 0.717) is 45.9 Å². The van der Waals surface area contributed by atoms with E-state index in [1.807, 2.05) is 40.1 Å². The zero-order valence-electron chi connectivity index (χ0n) is 16.7. The predicted octanol–water partition coefficient (Wildman–Crippen LogP) is 2.83. The van der Waals surface area contributed by atoms with E-state index in [9.17, 15) is 4.79 Å². The van der Waals surface area contributed by atoms with Crippen molar-refractivity contribution in [2.45, 2.75) is 25.0 Å². The first-order valence-corrected chi connectivity index (χ1v) is 10.3. The number of nitrogens with zero attached hydrogens (tertiary/aromatic N) is 2. The van der Waals surface area contributed by atoms with Gasteiger partial charge in [-0.3, -0.25) is 0 Å². The smallest absolute Gasteiger partial charge is 0.320 e. The molecule has 0 unspecified atom stereocenters. The number of carbonyl (C=O) groups is 1. The molecule has 0 aromatic heterocycles. The highest BCUT2D eigenvalue weighted by Crippen LogP contribution is 2.30. The molecule has 0 saturated carbocycles. The van der Waals surface area contributed by atoms with E-state index < -0.39 is 0 Å². The van der Waals surface area contributed by atoms with Gasteiger partial charge in [0.25, 0.3) is 0 Å². The van der Waals surface area contributed by atoms with E-state index in [0.717, 1.165) is 17.7 Å². The number of piperidine rings is 1. The van der Waals surface area contributed by atoms with E-state index in [1.165, 1.54) is 5.56 Å². The van der Waals surface area contributed by atoms with Crippen molar-refractivity contribution in [3.8, 4) is 5.75 Å². The van der Waals surface area contributed by atoms with Crippen LogP contribution in [0.5, 0.6) is 5.75 Å². The second-order valence-electron chi connectivity index (χ2n) is 7.72. The van der Waals surface area contributed by atoms with Gasteiger partial charge in [0.15, 0.2) is 0 Å². The zero-order chi connectivity index (χ0) is 20.1. The van der Waals surface area contributed by atoms with Crippen molar-refractivity contribution >= 4 is 6.03 Å². The van der Waals surface area contributed by atoms with Crippen LogP contribution in [-0.4, -0.2) is 61.3 Å². The topological polar surface area (TPSA) is 68.0 Å². The van der Waals surface area contributed by atoms with Gasteiger partial charge in [-0.1, -0.05) is 42.5 Å². The molecule has 6 nitrogen and oxygen atoms in total. The number of hydrogen-bond donors (Lipinski definition) is 1. The molecule has 29 heavy (non-hydrogen) atoms. The van der Waals surface area contributed by atoms with Crippen molar-refractivity contribution in [3.63, 3.8) is 0 Å². The Morgan fingerprint density at radius 1 is 1.03 bits per heavy atom. The van der Waals surface area contributed by atoms with Crippen LogP contribution in [0.4, 0.5) is 4.79 Å². The number of amides is 2.